The van der Waals surface area contributed by atoms with Crippen LogP contribution in [0.1, 0.15) is 194 Å². The summed E-state index contributed by atoms with van der Waals surface area (Å²) in [6.45, 7) is 9.47. The van der Waals surface area contributed by atoms with Gasteiger partial charge in [0.1, 0.15) is 26.3 Å². The highest BCUT2D eigenvalue weighted by Crippen LogP contribution is 2.14. The van der Waals surface area contributed by atoms with Gasteiger partial charge in [0.15, 0.2) is 0 Å². The molecule has 0 rings (SSSR count). The lowest BCUT2D eigenvalue weighted by Gasteiger charge is -2.29. The molecule has 0 saturated heterocycles. The van der Waals surface area contributed by atoms with Crippen LogP contribution >= 0.6 is 0 Å². The summed E-state index contributed by atoms with van der Waals surface area (Å²) in [5.74, 6) is -0.295. The van der Waals surface area contributed by atoms with Crippen molar-refractivity contribution in [2.45, 2.75) is 194 Å². The number of halogens is 2. The summed E-state index contributed by atoms with van der Waals surface area (Å²) in [7, 11) is 8.93. The fourth-order valence-corrected chi connectivity index (χ4v) is 6.48. The zero-order valence-corrected chi connectivity index (χ0v) is 37.5. The Balaban J connectivity index is -0.0000110. The maximum atomic E-state index is 12.2. The summed E-state index contributed by atoms with van der Waals surface area (Å²) in [5, 5.41) is 0. The van der Waals surface area contributed by atoms with Gasteiger partial charge in [0.05, 0.1) is 41.3 Å². The van der Waals surface area contributed by atoms with Crippen LogP contribution in [0.4, 0.5) is 0 Å². The smallest absolute Gasteiger partial charge is 0.305 e. The molecule has 0 aromatic rings. The van der Waals surface area contributed by atoms with E-state index in [0.717, 1.165) is 35.1 Å². The van der Waals surface area contributed by atoms with Gasteiger partial charge in [-0.15, -0.1) is 0 Å². The van der Waals surface area contributed by atoms with Crippen molar-refractivity contribution in [1.82, 2.24) is 0 Å². The standard InChI is InChI=1S/C42H86N2O4.2BrH/c1-7-9-11-13-15-17-19-21-23-25-27-31-35-43(3,4)37-39-47-41(45)33-29-30-34-42(46)48-40-38-44(5,6)36-32-28-26-24-22-20-18-16-14-12-10-8-2;;/h7-40H2,1-6H3;2*1H/q+2;;/p-2. The molecule has 302 valence electrons. The van der Waals surface area contributed by atoms with Crippen LogP contribution in [0.25, 0.3) is 0 Å². The first kappa shape index (κ1) is 54.2. The van der Waals surface area contributed by atoms with E-state index in [-0.39, 0.29) is 45.9 Å². The molecule has 50 heavy (non-hydrogen) atoms. The fourth-order valence-electron chi connectivity index (χ4n) is 6.48. The molecule has 0 aliphatic rings. The highest BCUT2D eigenvalue weighted by molar-refractivity contribution is 5.70. The predicted octanol–water partition coefficient (Wildman–Crippen LogP) is 5.20. The molecule has 0 fully saturated rings. The maximum absolute atomic E-state index is 12.2. The van der Waals surface area contributed by atoms with Crippen molar-refractivity contribution in [3.8, 4) is 0 Å². The Morgan fingerprint density at radius 2 is 0.600 bits per heavy atom. The Hall–Kier alpha value is -0.180. The van der Waals surface area contributed by atoms with Gasteiger partial charge in [0.25, 0.3) is 0 Å². The number of likely N-dealkylation sites (N-methyl/N-ethyl adjacent to an activating group) is 2. The quantitative estimate of drug-likeness (QED) is 0.0491. The third-order valence-corrected chi connectivity index (χ3v) is 10.2. The summed E-state index contributed by atoms with van der Waals surface area (Å²) < 4.78 is 12.8. The Labute approximate surface area is 333 Å². The van der Waals surface area contributed by atoms with Gasteiger partial charge in [0.2, 0.25) is 0 Å². The molecule has 0 N–H and O–H groups in total. The second-order valence-corrected chi connectivity index (χ2v) is 16.2. The minimum absolute atomic E-state index is 0. The molecule has 6 nitrogen and oxygen atoms in total. The molecule has 0 aliphatic heterocycles. The second-order valence-electron chi connectivity index (χ2n) is 16.2. The van der Waals surface area contributed by atoms with Gasteiger partial charge in [-0.05, 0) is 38.5 Å². The highest BCUT2D eigenvalue weighted by atomic mass is 79.9. The van der Waals surface area contributed by atoms with E-state index in [1.54, 1.807) is 0 Å². The zero-order valence-electron chi connectivity index (χ0n) is 34.3. The van der Waals surface area contributed by atoms with Crippen LogP contribution in [-0.4, -0.2) is 88.5 Å². The molecule has 0 aromatic carbocycles. The number of carbonyl (C=O) groups excluding carboxylic acids is 2. The first-order chi connectivity index (χ1) is 23.1. The van der Waals surface area contributed by atoms with Crippen LogP contribution in [-0.2, 0) is 19.1 Å². The number of esters is 2. The first-order valence-corrected chi connectivity index (χ1v) is 21.1. The summed E-state index contributed by atoms with van der Waals surface area (Å²) in [6, 6.07) is 0. The van der Waals surface area contributed by atoms with Crippen molar-refractivity contribution in [3.63, 3.8) is 0 Å². The number of quaternary nitrogens is 2. The number of hydrogen-bond acceptors (Lipinski definition) is 4. The van der Waals surface area contributed by atoms with E-state index >= 15 is 0 Å². The summed E-state index contributed by atoms with van der Waals surface area (Å²) in [4.78, 5) is 24.4. The van der Waals surface area contributed by atoms with E-state index in [4.69, 9.17) is 9.47 Å². The minimum atomic E-state index is -0.148. The third kappa shape index (κ3) is 40.6. The molecule has 0 heterocycles. The average molecular weight is 843 g/mol. The van der Waals surface area contributed by atoms with Gasteiger partial charge in [0, 0.05) is 12.8 Å². The van der Waals surface area contributed by atoms with E-state index in [9.17, 15) is 9.59 Å². The molecular formula is C42H86Br2N2O4. The fraction of sp³-hybridized carbons (Fsp3) is 0.952. The molecule has 0 radical (unpaired) electrons. The Bertz CT molecular complexity index is 677. The molecule has 0 aromatic heterocycles. The SMILES string of the molecule is CCCCCCCCCCCCCC[N+](C)(C)CCOC(=O)CCCCC(=O)OCC[N+](C)(C)CCCCCCCCCCCCCC.[Br-].[Br-]. The number of carbonyl (C=O) groups is 2. The monoisotopic (exact) mass is 840 g/mol. The van der Waals surface area contributed by atoms with E-state index in [0.29, 0.717) is 38.9 Å². The summed E-state index contributed by atoms with van der Waals surface area (Å²) in [5.41, 5.74) is 0. The molecule has 0 amide bonds. The summed E-state index contributed by atoms with van der Waals surface area (Å²) in [6.07, 6.45) is 35.0. The molecule has 8 heteroatoms. The first-order valence-electron chi connectivity index (χ1n) is 21.1. The van der Waals surface area contributed by atoms with Gasteiger partial charge in [-0.2, -0.15) is 0 Å². The maximum Gasteiger partial charge on any atom is 0.305 e. The molecule has 0 saturated carbocycles. The summed E-state index contributed by atoms with van der Waals surface area (Å²) >= 11 is 0. The van der Waals surface area contributed by atoms with Crippen LogP contribution in [0.3, 0.4) is 0 Å². The number of hydrogen-bond donors (Lipinski definition) is 0. The van der Waals surface area contributed by atoms with Gasteiger partial charge in [-0.1, -0.05) is 142 Å². The average Bonchev–Trinajstić information content (AvgIpc) is 3.04. The largest absolute Gasteiger partial charge is 1.00 e. The second kappa shape index (κ2) is 38.5. The third-order valence-electron chi connectivity index (χ3n) is 10.2. The molecular weight excluding hydrogens is 756 g/mol. The van der Waals surface area contributed by atoms with Crippen molar-refractivity contribution in [2.24, 2.45) is 0 Å². The van der Waals surface area contributed by atoms with Gasteiger partial charge < -0.3 is 52.4 Å². The number of ether oxygens (including phenoxy) is 2. The van der Waals surface area contributed by atoms with Crippen LogP contribution in [0.2, 0.25) is 0 Å². The highest BCUT2D eigenvalue weighted by Gasteiger charge is 2.17. The van der Waals surface area contributed by atoms with Crippen molar-refractivity contribution in [2.75, 3.05) is 67.6 Å². The number of unbranched alkanes of at least 4 members (excludes halogenated alkanes) is 23. The number of rotatable bonds is 37. The lowest BCUT2D eigenvalue weighted by atomic mass is 10.1. The van der Waals surface area contributed by atoms with Crippen molar-refractivity contribution >= 4 is 11.9 Å². The Morgan fingerprint density at radius 3 is 0.860 bits per heavy atom. The zero-order chi connectivity index (χ0) is 35.6. The van der Waals surface area contributed by atoms with Crippen LogP contribution in [0, 0.1) is 0 Å². The van der Waals surface area contributed by atoms with Gasteiger partial charge >= 0.3 is 11.9 Å². The van der Waals surface area contributed by atoms with Crippen molar-refractivity contribution in [3.05, 3.63) is 0 Å². The normalized spacial score (nSPS) is 11.6. The van der Waals surface area contributed by atoms with Gasteiger partial charge in [-0.25, -0.2) is 0 Å². The van der Waals surface area contributed by atoms with Crippen molar-refractivity contribution < 1.29 is 62.0 Å². The number of nitrogens with zero attached hydrogens (tertiary/aromatic N) is 2. The molecule has 0 spiro atoms. The van der Waals surface area contributed by atoms with E-state index in [1.165, 1.54) is 154 Å². The lowest BCUT2D eigenvalue weighted by Crippen LogP contribution is -3.00. The van der Waals surface area contributed by atoms with Crippen molar-refractivity contribution in [1.29, 1.82) is 0 Å². The minimum Gasteiger partial charge on any atom is -1.00 e. The molecule has 0 atom stereocenters. The predicted molar refractivity (Wildman–Crippen MR) is 206 cm³/mol. The Morgan fingerprint density at radius 1 is 0.360 bits per heavy atom. The van der Waals surface area contributed by atoms with Crippen LogP contribution in [0.5, 0.6) is 0 Å². The van der Waals surface area contributed by atoms with E-state index in [1.807, 2.05) is 0 Å². The van der Waals surface area contributed by atoms with Gasteiger partial charge in [-0.3, -0.25) is 9.59 Å². The van der Waals surface area contributed by atoms with E-state index in [2.05, 4.69) is 42.0 Å². The van der Waals surface area contributed by atoms with E-state index < -0.39 is 0 Å². The topological polar surface area (TPSA) is 52.6 Å². The molecule has 0 bridgehead atoms. The van der Waals surface area contributed by atoms with Crippen LogP contribution in [0.15, 0.2) is 0 Å². The Kier molecular flexibility index (Phi) is 41.8. The van der Waals surface area contributed by atoms with Crippen LogP contribution < -0.4 is 34.0 Å². The molecule has 0 aliphatic carbocycles. The molecule has 0 unspecified atom stereocenters. The lowest BCUT2D eigenvalue weighted by molar-refractivity contribution is -0.890.